The Bertz CT molecular complexity index is 658. The van der Waals surface area contributed by atoms with Crippen molar-refractivity contribution in [1.82, 2.24) is 4.98 Å². The number of methoxy groups -OCH3 is 1. The van der Waals surface area contributed by atoms with Gasteiger partial charge in [0, 0.05) is 11.5 Å². The van der Waals surface area contributed by atoms with Gasteiger partial charge in [0.25, 0.3) is 0 Å². The largest absolute Gasteiger partial charge is 0.497 e. The molecule has 1 aliphatic rings. The van der Waals surface area contributed by atoms with E-state index in [1.807, 2.05) is 12.1 Å². The number of hydrogen-bond donors (Lipinski definition) is 1. The molecule has 1 heterocycles. The molecule has 1 aliphatic carbocycles. The van der Waals surface area contributed by atoms with Crippen LogP contribution in [-0.4, -0.2) is 36.4 Å². The molecule has 22 heavy (non-hydrogen) atoms. The Hall–Kier alpha value is -2.34. The fourth-order valence-corrected chi connectivity index (χ4v) is 2.16. The van der Waals surface area contributed by atoms with Crippen LogP contribution >= 0.6 is 0 Å². The van der Waals surface area contributed by atoms with E-state index < -0.39 is 5.97 Å². The van der Waals surface area contributed by atoms with E-state index in [-0.39, 0.29) is 24.8 Å². The zero-order chi connectivity index (χ0) is 15.5. The highest BCUT2D eigenvalue weighted by Gasteiger charge is 2.34. The molecule has 0 bridgehead atoms. The van der Waals surface area contributed by atoms with Gasteiger partial charge in [0.15, 0.2) is 5.69 Å². The van der Waals surface area contributed by atoms with E-state index in [1.165, 1.54) is 0 Å². The first-order valence-corrected chi connectivity index (χ1v) is 7.16. The lowest BCUT2D eigenvalue weighted by Gasteiger charge is -2.00. The monoisotopic (exact) mass is 303 g/mol. The molecule has 2 aromatic rings. The van der Waals surface area contributed by atoms with Crippen molar-refractivity contribution in [3.05, 3.63) is 35.7 Å². The number of ether oxygens (including phenoxy) is 2. The van der Waals surface area contributed by atoms with E-state index in [9.17, 15) is 4.79 Å². The van der Waals surface area contributed by atoms with Crippen LogP contribution in [0.5, 0.6) is 5.75 Å². The molecule has 3 rings (SSSR count). The number of carbonyl (C=O) groups excluding carboxylic acids is 1. The Morgan fingerprint density at radius 1 is 1.36 bits per heavy atom. The Kier molecular flexibility index (Phi) is 4.11. The summed E-state index contributed by atoms with van der Waals surface area (Å²) in [5, 5.41) is 8.75. The zero-order valence-electron chi connectivity index (χ0n) is 12.2. The summed E-state index contributed by atoms with van der Waals surface area (Å²) < 4.78 is 15.9. The molecule has 0 amide bonds. The first-order valence-electron chi connectivity index (χ1n) is 7.16. The number of oxazole rings is 1. The van der Waals surface area contributed by atoms with Crippen molar-refractivity contribution in [1.29, 1.82) is 0 Å². The van der Waals surface area contributed by atoms with Crippen LogP contribution in [0, 0.1) is 0 Å². The van der Waals surface area contributed by atoms with E-state index in [0.717, 1.165) is 24.2 Å². The predicted octanol–water partition coefficient (Wildman–Crippen LogP) is 2.38. The average molecular weight is 303 g/mol. The van der Waals surface area contributed by atoms with Crippen LogP contribution in [0.4, 0.5) is 0 Å². The lowest BCUT2D eigenvalue weighted by molar-refractivity contribution is 0.0425. The Labute approximate surface area is 127 Å². The zero-order valence-corrected chi connectivity index (χ0v) is 12.2. The fraction of sp³-hybridized carbons (Fsp3) is 0.375. The maximum Gasteiger partial charge on any atom is 0.360 e. The van der Waals surface area contributed by atoms with Crippen molar-refractivity contribution < 1.29 is 23.8 Å². The van der Waals surface area contributed by atoms with E-state index in [0.29, 0.717) is 11.7 Å². The number of hydrogen-bond acceptors (Lipinski definition) is 6. The highest BCUT2D eigenvalue weighted by atomic mass is 16.5. The maximum atomic E-state index is 12.0. The van der Waals surface area contributed by atoms with Gasteiger partial charge in [0.1, 0.15) is 18.1 Å². The minimum Gasteiger partial charge on any atom is -0.497 e. The Balaban J connectivity index is 1.90. The van der Waals surface area contributed by atoms with Gasteiger partial charge >= 0.3 is 5.97 Å². The van der Waals surface area contributed by atoms with Gasteiger partial charge in [-0.05, 0) is 37.1 Å². The third kappa shape index (κ3) is 2.96. The van der Waals surface area contributed by atoms with Crippen LogP contribution in [0.1, 0.15) is 35.0 Å². The summed E-state index contributed by atoms with van der Waals surface area (Å²) in [6.07, 6.45) is 1.97. The number of rotatable bonds is 6. The van der Waals surface area contributed by atoms with Crippen LogP contribution in [-0.2, 0) is 4.74 Å². The van der Waals surface area contributed by atoms with Gasteiger partial charge in [-0.2, -0.15) is 0 Å². The van der Waals surface area contributed by atoms with Crippen LogP contribution in [0.25, 0.3) is 11.5 Å². The number of aliphatic hydroxyl groups excluding tert-OH is 1. The van der Waals surface area contributed by atoms with Gasteiger partial charge in [-0.3, -0.25) is 0 Å². The first kappa shape index (κ1) is 14.6. The summed E-state index contributed by atoms with van der Waals surface area (Å²) in [4.78, 5) is 16.3. The Morgan fingerprint density at radius 3 is 2.68 bits per heavy atom. The maximum absolute atomic E-state index is 12.0. The third-order valence-corrected chi connectivity index (χ3v) is 3.46. The average Bonchev–Trinajstić information content (AvgIpc) is 3.31. The van der Waals surface area contributed by atoms with Gasteiger partial charge in [0.2, 0.25) is 5.89 Å². The number of carbonyl (C=O) groups is 1. The number of aromatic nitrogens is 1. The molecule has 116 valence electrons. The normalized spacial score (nSPS) is 13.9. The molecule has 1 aromatic heterocycles. The predicted molar refractivity (Wildman–Crippen MR) is 77.8 cm³/mol. The summed E-state index contributed by atoms with van der Waals surface area (Å²) in [6, 6.07) is 7.26. The quantitative estimate of drug-likeness (QED) is 0.825. The van der Waals surface area contributed by atoms with Crippen molar-refractivity contribution in [2.24, 2.45) is 0 Å². The second-order valence-electron chi connectivity index (χ2n) is 5.09. The summed E-state index contributed by atoms with van der Waals surface area (Å²) in [7, 11) is 1.60. The molecule has 0 saturated heterocycles. The molecule has 0 unspecified atom stereocenters. The first-order chi connectivity index (χ1) is 10.7. The molecule has 1 N–H and O–H groups in total. The van der Waals surface area contributed by atoms with E-state index in [4.69, 9.17) is 19.0 Å². The molecule has 6 nitrogen and oxygen atoms in total. The van der Waals surface area contributed by atoms with Crippen molar-refractivity contribution in [2.45, 2.75) is 18.8 Å². The highest BCUT2D eigenvalue weighted by molar-refractivity contribution is 5.89. The molecule has 1 aromatic carbocycles. The van der Waals surface area contributed by atoms with Crippen LogP contribution < -0.4 is 4.74 Å². The molecular weight excluding hydrogens is 286 g/mol. The van der Waals surface area contributed by atoms with Gasteiger partial charge < -0.3 is 19.0 Å². The van der Waals surface area contributed by atoms with Crippen molar-refractivity contribution in [3.63, 3.8) is 0 Å². The SMILES string of the molecule is COc1ccc(-c2nc(C(=O)OCCO)c(C3CC3)o2)cc1. The Morgan fingerprint density at radius 2 is 2.09 bits per heavy atom. The molecule has 0 atom stereocenters. The number of nitrogens with zero attached hydrogens (tertiary/aromatic N) is 1. The van der Waals surface area contributed by atoms with Gasteiger partial charge in [-0.25, -0.2) is 9.78 Å². The van der Waals surface area contributed by atoms with Gasteiger partial charge in [-0.1, -0.05) is 0 Å². The summed E-state index contributed by atoms with van der Waals surface area (Å²) >= 11 is 0. The van der Waals surface area contributed by atoms with Gasteiger partial charge in [0.05, 0.1) is 13.7 Å². The minimum absolute atomic E-state index is 0.0479. The van der Waals surface area contributed by atoms with Crippen molar-refractivity contribution in [3.8, 4) is 17.2 Å². The highest BCUT2D eigenvalue weighted by Crippen LogP contribution is 2.43. The summed E-state index contributed by atoms with van der Waals surface area (Å²) in [6.45, 7) is -0.263. The van der Waals surface area contributed by atoms with Crippen LogP contribution in [0.15, 0.2) is 28.7 Å². The summed E-state index contributed by atoms with van der Waals surface area (Å²) in [5.41, 5.74) is 0.977. The van der Waals surface area contributed by atoms with E-state index >= 15 is 0 Å². The second kappa shape index (κ2) is 6.19. The number of esters is 1. The van der Waals surface area contributed by atoms with E-state index in [2.05, 4.69) is 4.98 Å². The molecule has 1 fully saturated rings. The van der Waals surface area contributed by atoms with Gasteiger partial charge in [-0.15, -0.1) is 0 Å². The van der Waals surface area contributed by atoms with Crippen molar-refractivity contribution in [2.75, 3.05) is 20.3 Å². The van der Waals surface area contributed by atoms with Crippen molar-refractivity contribution >= 4 is 5.97 Å². The summed E-state index contributed by atoms with van der Waals surface area (Å²) in [5.74, 6) is 1.38. The fourth-order valence-electron chi connectivity index (χ4n) is 2.16. The second-order valence-corrected chi connectivity index (χ2v) is 5.09. The lowest BCUT2D eigenvalue weighted by Crippen LogP contribution is -2.10. The number of aliphatic hydroxyl groups is 1. The molecular formula is C16H17NO5. The van der Waals surface area contributed by atoms with Crippen LogP contribution in [0.3, 0.4) is 0 Å². The molecule has 6 heteroatoms. The standard InChI is InChI=1S/C16H17NO5/c1-20-12-6-4-11(5-7-12)15-17-13(16(19)21-9-8-18)14(22-15)10-2-3-10/h4-7,10,18H,2-3,8-9H2,1H3. The molecule has 0 spiro atoms. The van der Waals surface area contributed by atoms with E-state index in [1.54, 1.807) is 19.2 Å². The minimum atomic E-state index is -0.556. The third-order valence-electron chi connectivity index (χ3n) is 3.46. The van der Waals surface area contributed by atoms with Crippen LogP contribution in [0.2, 0.25) is 0 Å². The number of benzene rings is 1. The smallest absolute Gasteiger partial charge is 0.360 e. The lowest BCUT2D eigenvalue weighted by atomic mass is 10.2. The molecule has 0 radical (unpaired) electrons. The molecule has 0 aliphatic heterocycles. The molecule has 1 saturated carbocycles. The topological polar surface area (TPSA) is 81.8 Å².